The second kappa shape index (κ2) is 6.88. The molecule has 0 spiro atoms. The van der Waals surface area contributed by atoms with Gasteiger partial charge in [-0.1, -0.05) is 25.1 Å². The highest BCUT2D eigenvalue weighted by Crippen LogP contribution is 2.30. The third-order valence-corrected chi connectivity index (χ3v) is 4.11. The smallest absolute Gasteiger partial charge is 0.0484 e. The predicted molar refractivity (Wildman–Crippen MR) is 79.4 cm³/mol. The van der Waals surface area contributed by atoms with Gasteiger partial charge in [-0.15, -0.1) is 11.3 Å². The first kappa shape index (κ1) is 13.5. The summed E-state index contributed by atoms with van der Waals surface area (Å²) in [5.74, 6) is 0. The summed E-state index contributed by atoms with van der Waals surface area (Å²) in [5, 5.41) is 6.91. The second-order valence-electron chi connectivity index (χ2n) is 4.43. The maximum Gasteiger partial charge on any atom is 0.0484 e. The average molecular weight is 263 g/mol. The molecule has 1 heterocycles. The minimum atomic E-state index is 0.379. The van der Waals surface area contributed by atoms with Crippen LogP contribution in [0.3, 0.4) is 0 Å². The van der Waals surface area contributed by atoms with E-state index in [2.05, 4.69) is 41.9 Å². The fraction of sp³-hybridized carbons (Fsp3) is 0.467. The van der Waals surface area contributed by atoms with Gasteiger partial charge in [-0.05, 0) is 42.3 Å². The van der Waals surface area contributed by atoms with Crippen LogP contribution < -0.4 is 5.32 Å². The quantitative estimate of drug-likeness (QED) is 0.763. The van der Waals surface area contributed by atoms with E-state index in [4.69, 9.17) is 4.74 Å². The highest BCUT2D eigenvalue weighted by Gasteiger charge is 2.12. The van der Waals surface area contributed by atoms with E-state index in [-0.39, 0.29) is 0 Å². The first-order valence-electron chi connectivity index (χ1n) is 6.58. The first-order valence-corrected chi connectivity index (χ1v) is 7.46. The molecule has 2 nitrogen and oxygen atoms in total. The topological polar surface area (TPSA) is 21.3 Å². The normalized spacial score (nSPS) is 13.0. The van der Waals surface area contributed by atoms with Crippen LogP contribution in [0.1, 0.15) is 31.4 Å². The van der Waals surface area contributed by atoms with Gasteiger partial charge in [0.1, 0.15) is 0 Å². The molecule has 1 unspecified atom stereocenters. The van der Waals surface area contributed by atoms with Gasteiger partial charge in [0, 0.05) is 24.0 Å². The van der Waals surface area contributed by atoms with Crippen LogP contribution in [0, 0.1) is 0 Å². The van der Waals surface area contributed by atoms with Crippen molar-refractivity contribution < 1.29 is 4.74 Å². The lowest BCUT2D eigenvalue weighted by Gasteiger charge is -2.17. The number of benzene rings is 1. The number of hydrogen-bond acceptors (Lipinski definition) is 3. The summed E-state index contributed by atoms with van der Waals surface area (Å²) in [6.45, 7) is 3.82. The molecule has 0 aliphatic carbocycles. The number of thiophene rings is 1. The zero-order valence-electron chi connectivity index (χ0n) is 11.1. The molecule has 18 heavy (non-hydrogen) atoms. The average Bonchev–Trinajstić information content (AvgIpc) is 2.87. The molecule has 0 aliphatic heterocycles. The van der Waals surface area contributed by atoms with E-state index >= 15 is 0 Å². The van der Waals surface area contributed by atoms with Gasteiger partial charge in [-0.2, -0.15) is 0 Å². The molecule has 0 bridgehead atoms. The molecular weight excluding hydrogens is 242 g/mol. The Balaban J connectivity index is 2.09. The standard InChI is InChI=1S/C15H21NOS/c1-3-9-17-10-7-14(16-2)13-6-4-5-12-8-11-18-15(12)13/h4-6,8,11,14,16H,3,7,9-10H2,1-2H3. The lowest BCUT2D eigenvalue weighted by atomic mass is 10.0. The Bertz CT molecular complexity index is 480. The Hall–Kier alpha value is -0.900. The van der Waals surface area contributed by atoms with E-state index in [9.17, 15) is 0 Å². The molecule has 0 aliphatic rings. The van der Waals surface area contributed by atoms with Crippen molar-refractivity contribution >= 4 is 21.4 Å². The van der Waals surface area contributed by atoms with Crippen molar-refractivity contribution in [2.24, 2.45) is 0 Å². The zero-order chi connectivity index (χ0) is 12.8. The van der Waals surface area contributed by atoms with Gasteiger partial charge in [0.15, 0.2) is 0 Å². The molecule has 0 amide bonds. The molecule has 2 rings (SSSR count). The summed E-state index contributed by atoms with van der Waals surface area (Å²) in [5.41, 5.74) is 1.39. The fourth-order valence-corrected chi connectivity index (χ4v) is 3.16. The molecule has 3 heteroatoms. The van der Waals surface area contributed by atoms with Crippen LogP contribution in [0.15, 0.2) is 29.6 Å². The Morgan fingerprint density at radius 3 is 2.94 bits per heavy atom. The summed E-state index contributed by atoms with van der Waals surface area (Å²) in [4.78, 5) is 0. The molecule has 98 valence electrons. The zero-order valence-corrected chi connectivity index (χ0v) is 11.9. The van der Waals surface area contributed by atoms with Crippen LogP contribution in [0.5, 0.6) is 0 Å². The third kappa shape index (κ3) is 3.10. The maximum absolute atomic E-state index is 5.59. The molecule has 1 aromatic carbocycles. The van der Waals surface area contributed by atoms with Crippen molar-refractivity contribution in [2.75, 3.05) is 20.3 Å². The summed E-state index contributed by atoms with van der Waals surface area (Å²) >= 11 is 1.82. The Kier molecular flexibility index (Phi) is 5.17. The van der Waals surface area contributed by atoms with Crippen LogP contribution in [0.2, 0.25) is 0 Å². The SMILES string of the molecule is CCCOCCC(NC)c1cccc2ccsc12. The van der Waals surface area contributed by atoms with E-state index in [1.165, 1.54) is 15.6 Å². The van der Waals surface area contributed by atoms with Gasteiger partial charge in [-0.3, -0.25) is 0 Å². The third-order valence-electron chi connectivity index (χ3n) is 3.13. The van der Waals surface area contributed by atoms with E-state index in [0.29, 0.717) is 6.04 Å². The van der Waals surface area contributed by atoms with Crippen molar-refractivity contribution in [3.8, 4) is 0 Å². The number of ether oxygens (including phenoxy) is 1. The number of nitrogens with one attached hydrogen (secondary N) is 1. The van der Waals surface area contributed by atoms with Crippen LogP contribution in [0.25, 0.3) is 10.1 Å². The van der Waals surface area contributed by atoms with Gasteiger partial charge in [0.25, 0.3) is 0 Å². The van der Waals surface area contributed by atoms with E-state index in [0.717, 1.165) is 26.1 Å². The van der Waals surface area contributed by atoms with E-state index in [1.54, 1.807) is 0 Å². The lowest BCUT2D eigenvalue weighted by molar-refractivity contribution is 0.125. The van der Waals surface area contributed by atoms with Gasteiger partial charge in [0.05, 0.1) is 0 Å². The van der Waals surface area contributed by atoms with E-state index in [1.807, 2.05) is 18.4 Å². The minimum absolute atomic E-state index is 0.379. The van der Waals surface area contributed by atoms with Crippen molar-refractivity contribution in [3.05, 3.63) is 35.2 Å². The lowest BCUT2D eigenvalue weighted by Crippen LogP contribution is -2.18. The van der Waals surface area contributed by atoms with Crippen LogP contribution in [-0.2, 0) is 4.74 Å². The van der Waals surface area contributed by atoms with Crippen molar-refractivity contribution in [1.29, 1.82) is 0 Å². The molecule has 1 aromatic heterocycles. The molecule has 0 saturated heterocycles. The maximum atomic E-state index is 5.59. The number of fused-ring (bicyclic) bond motifs is 1. The van der Waals surface area contributed by atoms with Crippen LogP contribution in [-0.4, -0.2) is 20.3 Å². The molecule has 2 aromatic rings. The highest BCUT2D eigenvalue weighted by atomic mass is 32.1. The van der Waals surface area contributed by atoms with Crippen molar-refractivity contribution in [3.63, 3.8) is 0 Å². The molecule has 0 saturated carbocycles. The monoisotopic (exact) mass is 263 g/mol. The molecule has 1 atom stereocenters. The Labute approximate surface area is 113 Å². The number of hydrogen-bond donors (Lipinski definition) is 1. The van der Waals surface area contributed by atoms with Crippen LogP contribution >= 0.6 is 11.3 Å². The van der Waals surface area contributed by atoms with Crippen LogP contribution in [0.4, 0.5) is 0 Å². The summed E-state index contributed by atoms with van der Waals surface area (Å²) in [6.07, 6.45) is 2.11. The second-order valence-corrected chi connectivity index (χ2v) is 5.34. The number of rotatable bonds is 7. The van der Waals surface area contributed by atoms with Gasteiger partial charge in [0.2, 0.25) is 0 Å². The van der Waals surface area contributed by atoms with E-state index < -0.39 is 0 Å². The Morgan fingerprint density at radius 1 is 1.28 bits per heavy atom. The molecular formula is C15H21NOS. The molecule has 0 fully saturated rings. The van der Waals surface area contributed by atoms with Gasteiger partial charge >= 0.3 is 0 Å². The highest BCUT2D eigenvalue weighted by molar-refractivity contribution is 7.17. The largest absolute Gasteiger partial charge is 0.381 e. The Morgan fingerprint density at radius 2 is 2.17 bits per heavy atom. The first-order chi connectivity index (χ1) is 8.86. The predicted octanol–water partition coefficient (Wildman–Crippen LogP) is 3.98. The van der Waals surface area contributed by atoms with Gasteiger partial charge in [-0.25, -0.2) is 0 Å². The molecule has 0 radical (unpaired) electrons. The van der Waals surface area contributed by atoms with Gasteiger partial charge < -0.3 is 10.1 Å². The minimum Gasteiger partial charge on any atom is -0.381 e. The summed E-state index contributed by atoms with van der Waals surface area (Å²) < 4.78 is 6.99. The fourth-order valence-electron chi connectivity index (χ4n) is 2.19. The summed E-state index contributed by atoms with van der Waals surface area (Å²) in [6, 6.07) is 9.10. The van der Waals surface area contributed by atoms with Crippen molar-refractivity contribution in [1.82, 2.24) is 5.32 Å². The van der Waals surface area contributed by atoms with Crippen molar-refractivity contribution in [2.45, 2.75) is 25.8 Å². The molecule has 1 N–H and O–H groups in total. The summed E-state index contributed by atoms with van der Waals surface area (Å²) in [7, 11) is 2.02.